The number of pyridine rings is 1. The van der Waals surface area contributed by atoms with Gasteiger partial charge < -0.3 is 5.32 Å². The van der Waals surface area contributed by atoms with Crippen LogP contribution in [0.25, 0.3) is 0 Å². The molecule has 1 aromatic heterocycles. The monoisotopic (exact) mass is 490 g/mol. The average Bonchev–Trinajstić information content (AvgIpc) is 3.24. The van der Waals surface area contributed by atoms with Gasteiger partial charge in [-0.15, -0.1) is 0 Å². The summed E-state index contributed by atoms with van der Waals surface area (Å²) in [6, 6.07) is 13.3. The first-order valence-electron chi connectivity index (χ1n) is 10.5. The van der Waals surface area contributed by atoms with Crippen LogP contribution in [0.1, 0.15) is 41.6 Å². The van der Waals surface area contributed by atoms with Crippen molar-refractivity contribution in [2.24, 2.45) is 5.92 Å². The Morgan fingerprint density at radius 1 is 1.00 bits per heavy atom. The van der Waals surface area contributed by atoms with Crippen molar-refractivity contribution in [2.45, 2.75) is 31.0 Å². The van der Waals surface area contributed by atoms with E-state index in [9.17, 15) is 27.2 Å². The van der Waals surface area contributed by atoms with E-state index in [2.05, 4.69) is 10.3 Å². The van der Waals surface area contributed by atoms with E-state index in [-0.39, 0.29) is 34.9 Å². The van der Waals surface area contributed by atoms with Crippen LogP contribution in [0.2, 0.25) is 5.02 Å². The van der Waals surface area contributed by atoms with Gasteiger partial charge >= 0.3 is 6.18 Å². The van der Waals surface area contributed by atoms with Gasteiger partial charge in [0.2, 0.25) is 5.91 Å². The molecule has 1 aliphatic carbocycles. The SMILES string of the molecule is O=C1CCC(C(=O)N[C@](c2ccccc2)(c2cc(F)cc(C(F)(F)F)c2)c2ccc(Cl)cn2)C1. The van der Waals surface area contributed by atoms with Crippen molar-refractivity contribution >= 4 is 23.3 Å². The number of hydrogen-bond donors (Lipinski definition) is 1. The zero-order valence-electron chi connectivity index (χ0n) is 17.7. The second-order valence-electron chi connectivity index (χ2n) is 8.17. The molecular formula is C25H19ClF4N2O2. The molecule has 1 saturated carbocycles. The summed E-state index contributed by atoms with van der Waals surface area (Å²) in [4.78, 5) is 29.4. The Balaban J connectivity index is 1.99. The molecule has 1 unspecified atom stereocenters. The first-order chi connectivity index (χ1) is 16.1. The molecule has 176 valence electrons. The highest BCUT2D eigenvalue weighted by molar-refractivity contribution is 6.30. The fourth-order valence-electron chi connectivity index (χ4n) is 4.25. The molecule has 34 heavy (non-hydrogen) atoms. The number of rotatable bonds is 5. The molecule has 1 N–H and O–H groups in total. The van der Waals surface area contributed by atoms with Gasteiger partial charge in [0.15, 0.2) is 0 Å². The predicted molar refractivity (Wildman–Crippen MR) is 117 cm³/mol. The third-order valence-corrected chi connectivity index (χ3v) is 6.13. The number of aromatic nitrogens is 1. The van der Waals surface area contributed by atoms with Gasteiger partial charge in [-0.05, 0) is 47.9 Å². The fourth-order valence-corrected chi connectivity index (χ4v) is 4.36. The molecular weight excluding hydrogens is 472 g/mol. The van der Waals surface area contributed by atoms with E-state index < -0.39 is 34.9 Å². The summed E-state index contributed by atoms with van der Waals surface area (Å²) in [5.74, 6) is -2.38. The second-order valence-corrected chi connectivity index (χ2v) is 8.61. The molecule has 9 heteroatoms. The molecule has 0 saturated heterocycles. The Morgan fingerprint density at radius 2 is 1.71 bits per heavy atom. The quantitative estimate of drug-likeness (QED) is 0.469. The molecule has 4 nitrogen and oxygen atoms in total. The van der Waals surface area contributed by atoms with Gasteiger partial charge in [0, 0.05) is 25.0 Å². The van der Waals surface area contributed by atoms with E-state index in [1.807, 2.05) is 0 Å². The van der Waals surface area contributed by atoms with Crippen LogP contribution in [0.5, 0.6) is 0 Å². The molecule has 1 aliphatic rings. The van der Waals surface area contributed by atoms with Gasteiger partial charge in [0.05, 0.1) is 16.3 Å². The number of benzene rings is 2. The summed E-state index contributed by atoms with van der Waals surface area (Å²) in [6.45, 7) is 0. The van der Waals surface area contributed by atoms with Crippen molar-refractivity contribution in [1.82, 2.24) is 10.3 Å². The average molecular weight is 491 g/mol. The first kappa shape index (κ1) is 23.9. The number of hydrogen-bond acceptors (Lipinski definition) is 3. The van der Waals surface area contributed by atoms with E-state index in [1.165, 1.54) is 18.3 Å². The minimum atomic E-state index is -4.82. The van der Waals surface area contributed by atoms with Gasteiger partial charge in [-0.25, -0.2) is 4.39 Å². The number of carbonyl (C=O) groups excluding carboxylic acids is 2. The minimum Gasteiger partial charge on any atom is -0.337 e. The van der Waals surface area contributed by atoms with Crippen LogP contribution in [0.3, 0.4) is 0 Å². The third kappa shape index (κ3) is 4.68. The van der Waals surface area contributed by atoms with Crippen molar-refractivity contribution in [3.05, 3.63) is 100 Å². The van der Waals surface area contributed by atoms with Gasteiger partial charge in [-0.3, -0.25) is 14.6 Å². The van der Waals surface area contributed by atoms with E-state index >= 15 is 0 Å². The Kier molecular flexibility index (Phi) is 6.45. The first-order valence-corrected chi connectivity index (χ1v) is 10.9. The Bertz CT molecular complexity index is 1220. The standard InChI is InChI=1S/C25H19ClF4N2O2/c26-19-7-9-22(31-14-19)24(16-4-2-1-3-5-16,32-23(34)15-6-8-21(33)10-15)17-11-18(25(28,29)30)13-20(27)12-17/h1-5,7,9,11-15H,6,8,10H2,(H,32,34)/t15?,24-/m1/s1. The number of nitrogens with one attached hydrogen (secondary N) is 1. The molecule has 1 heterocycles. The predicted octanol–water partition coefficient (Wildman–Crippen LogP) is 5.67. The molecule has 1 fully saturated rings. The van der Waals surface area contributed by atoms with E-state index in [0.29, 0.717) is 18.1 Å². The summed E-state index contributed by atoms with van der Waals surface area (Å²) >= 11 is 5.99. The van der Waals surface area contributed by atoms with Crippen molar-refractivity contribution in [3.8, 4) is 0 Å². The zero-order valence-corrected chi connectivity index (χ0v) is 18.5. The van der Waals surface area contributed by atoms with Gasteiger partial charge in [-0.2, -0.15) is 13.2 Å². The van der Waals surface area contributed by atoms with Crippen molar-refractivity contribution in [1.29, 1.82) is 0 Å². The van der Waals surface area contributed by atoms with Crippen molar-refractivity contribution < 1.29 is 27.2 Å². The van der Waals surface area contributed by atoms with Crippen LogP contribution in [-0.2, 0) is 21.3 Å². The summed E-state index contributed by atoms with van der Waals surface area (Å²) in [7, 11) is 0. The highest BCUT2D eigenvalue weighted by atomic mass is 35.5. The van der Waals surface area contributed by atoms with Crippen LogP contribution in [-0.4, -0.2) is 16.7 Å². The third-order valence-electron chi connectivity index (χ3n) is 5.90. The lowest BCUT2D eigenvalue weighted by atomic mass is 9.78. The number of ketones is 1. The molecule has 2 aromatic carbocycles. The maximum Gasteiger partial charge on any atom is 0.416 e. The molecule has 3 aromatic rings. The van der Waals surface area contributed by atoms with Crippen LogP contribution < -0.4 is 5.32 Å². The summed E-state index contributed by atoms with van der Waals surface area (Å²) in [5, 5.41) is 3.11. The number of nitrogens with zero attached hydrogens (tertiary/aromatic N) is 1. The van der Waals surface area contributed by atoms with Crippen LogP contribution in [0, 0.1) is 11.7 Å². The van der Waals surface area contributed by atoms with E-state index in [0.717, 1.165) is 12.1 Å². The van der Waals surface area contributed by atoms with E-state index in [4.69, 9.17) is 11.6 Å². The highest BCUT2D eigenvalue weighted by Gasteiger charge is 2.43. The number of amides is 1. The lowest BCUT2D eigenvalue weighted by Gasteiger charge is -2.37. The Morgan fingerprint density at radius 3 is 2.29 bits per heavy atom. The molecule has 0 aliphatic heterocycles. The fraction of sp³-hybridized carbons (Fsp3) is 0.240. The van der Waals surface area contributed by atoms with Gasteiger partial charge in [-0.1, -0.05) is 41.9 Å². The topological polar surface area (TPSA) is 59.1 Å². The number of alkyl halides is 3. The Hall–Kier alpha value is -3.26. The lowest BCUT2D eigenvalue weighted by molar-refractivity contribution is -0.137. The summed E-state index contributed by atoms with van der Waals surface area (Å²) in [6.07, 6.45) is -2.94. The van der Waals surface area contributed by atoms with Gasteiger partial charge in [0.25, 0.3) is 0 Å². The highest BCUT2D eigenvalue weighted by Crippen LogP contribution is 2.40. The zero-order chi connectivity index (χ0) is 24.5. The number of halogens is 5. The molecule has 0 spiro atoms. The second kappa shape index (κ2) is 9.18. The van der Waals surface area contributed by atoms with Crippen LogP contribution in [0.15, 0.2) is 66.9 Å². The van der Waals surface area contributed by atoms with E-state index in [1.54, 1.807) is 30.3 Å². The molecule has 1 amide bonds. The van der Waals surface area contributed by atoms with Crippen molar-refractivity contribution in [2.75, 3.05) is 0 Å². The molecule has 0 radical (unpaired) electrons. The normalized spacial score (nSPS) is 17.9. The van der Waals surface area contributed by atoms with Gasteiger partial charge in [0.1, 0.15) is 17.1 Å². The Labute approximate surface area is 198 Å². The molecule has 2 atom stereocenters. The smallest absolute Gasteiger partial charge is 0.337 e. The van der Waals surface area contributed by atoms with Crippen LogP contribution in [0.4, 0.5) is 17.6 Å². The molecule has 4 rings (SSSR count). The molecule has 0 bridgehead atoms. The van der Waals surface area contributed by atoms with Crippen molar-refractivity contribution in [3.63, 3.8) is 0 Å². The maximum atomic E-state index is 14.6. The van der Waals surface area contributed by atoms with Crippen LogP contribution >= 0.6 is 11.6 Å². The lowest BCUT2D eigenvalue weighted by Crippen LogP contribution is -2.50. The minimum absolute atomic E-state index is 0.0295. The maximum absolute atomic E-state index is 14.6. The largest absolute Gasteiger partial charge is 0.416 e. The number of carbonyl (C=O) groups is 2. The number of Topliss-reactive ketones (excluding diaryl/α,β-unsaturated/α-hetero) is 1. The summed E-state index contributed by atoms with van der Waals surface area (Å²) < 4.78 is 55.4. The summed E-state index contributed by atoms with van der Waals surface area (Å²) in [5.41, 5.74) is -2.65.